The number of ketones is 1. The quantitative estimate of drug-likeness (QED) is 0.0606. The first kappa shape index (κ1) is 38.5. The van der Waals surface area contributed by atoms with Gasteiger partial charge in [-0.25, -0.2) is 4.79 Å². The first-order valence-electron chi connectivity index (χ1n) is 19.4. The van der Waals surface area contributed by atoms with Crippen LogP contribution >= 0.6 is 0 Å². The number of carbonyl (C=O) groups is 5. The number of epoxide rings is 2. The van der Waals surface area contributed by atoms with Crippen molar-refractivity contribution in [3.63, 3.8) is 0 Å². The molecule has 0 bridgehead atoms. The molecule has 3 heterocycles. The van der Waals surface area contributed by atoms with Crippen LogP contribution < -0.4 is 0 Å². The highest BCUT2D eigenvalue weighted by Gasteiger charge is 2.93. The number of hydrogen-bond acceptors (Lipinski definition) is 15. The van der Waals surface area contributed by atoms with Crippen LogP contribution in [0.2, 0.25) is 0 Å². The number of carbonyl (C=O) groups excluding carboxylic acids is 5. The Bertz CT molecular complexity index is 1800. The Hall–Kier alpha value is -3.34. The molecule has 55 heavy (non-hydrogen) atoms. The molecule has 8 aliphatic rings. The van der Waals surface area contributed by atoms with Crippen LogP contribution in [0.3, 0.4) is 0 Å². The molecule has 5 saturated carbocycles. The van der Waals surface area contributed by atoms with E-state index in [9.17, 15) is 39.3 Å². The first-order valence-corrected chi connectivity index (χ1v) is 19.4. The van der Waals surface area contributed by atoms with Crippen molar-refractivity contribution >= 4 is 29.7 Å². The van der Waals surface area contributed by atoms with Crippen LogP contribution in [0.25, 0.3) is 10.4 Å². The number of Topliss-reactive ketones (excluding diaryl/α,β-unsaturated/α-hetero) is 1. The number of azide groups is 1. The average molecular weight is 774 g/mol. The van der Waals surface area contributed by atoms with Gasteiger partial charge in [-0.15, -0.1) is 0 Å². The van der Waals surface area contributed by atoms with E-state index >= 15 is 0 Å². The lowest BCUT2D eigenvalue weighted by Crippen LogP contribution is -2.78. The summed E-state index contributed by atoms with van der Waals surface area (Å²) in [4.78, 5) is 71.0. The van der Waals surface area contributed by atoms with Gasteiger partial charge in [-0.2, -0.15) is 0 Å². The lowest BCUT2D eigenvalue weighted by Gasteiger charge is -2.67. The molecule has 3 N–H and O–H groups in total. The summed E-state index contributed by atoms with van der Waals surface area (Å²) >= 11 is 0. The van der Waals surface area contributed by atoms with Crippen LogP contribution in [0.4, 0.5) is 0 Å². The molecule has 8 rings (SSSR count). The third kappa shape index (κ3) is 4.48. The van der Waals surface area contributed by atoms with Gasteiger partial charge in [-0.3, -0.25) is 19.2 Å². The monoisotopic (exact) mass is 773 g/mol. The van der Waals surface area contributed by atoms with E-state index in [1.54, 1.807) is 13.8 Å². The highest BCUT2D eigenvalue weighted by Crippen LogP contribution is 2.81. The summed E-state index contributed by atoms with van der Waals surface area (Å²) < 4.78 is 37.0. The lowest BCUT2D eigenvalue weighted by molar-refractivity contribution is -0.282. The van der Waals surface area contributed by atoms with Gasteiger partial charge >= 0.3 is 23.9 Å². The largest absolute Gasteiger partial charge is 0.462 e. The molecule has 0 aromatic carbocycles. The van der Waals surface area contributed by atoms with Gasteiger partial charge in [0.2, 0.25) is 5.79 Å². The van der Waals surface area contributed by atoms with Gasteiger partial charge < -0.3 is 43.7 Å². The summed E-state index contributed by atoms with van der Waals surface area (Å²) in [6, 6.07) is 0. The summed E-state index contributed by atoms with van der Waals surface area (Å²) in [5.74, 6) is -11.0. The second-order valence-corrected chi connectivity index (χ2v) is 18.4. The predicted molar refractivity (Wildman–Crippen MR) is 183 cm³/mol. The Morgan fingerprint density at radius 2 is 1.58 bits per heavy atom. The standard InChI is InChI=1S/C38H51N3O14/c1-14-21-20(25(45)28(46)37(49)13-18-26(52-18)31(34(21,37)6)51-17(4)43)23-27(53-19(44)11-9-10-12-40-41-39)24-22(33(23,5)29(14)50-16(3)42)15(2)30-38(54-30)35(24,7)36(8,48)32(47)55-38/h14-15,18,20-27,29-31,45,48-49H,9-13H2,1-8H3/t14-,15-,18-,20+,21-,22-,23+,24-,25+,26-,27+,29-,30+,31-,33+,34-,35-,36+,37-,38-/m0/s1. The van der Waals surface area contributed by atoms with Crippen LogP contribution in [-0.2, 0) is 52.4 Å². The Kier molecular flexibility index (Phi) is 8.30. The van der Waals surface area contributed by atoms with Crippen molar-refractivity contribution in [2.24, 2.45) is 62.8 Å². The molecule has 8 fully saturated rings. The molecule has 0 amide bonds. The first-order chi connectivity index (χ1) is 25.6. The Labute approximate surface area is 317 Å². The summed E-state index contributed by atoms with van der Waals surface area (Å²) in [6.07, 6.45) is -6.67. The van der Waals surface area contributed by atoms with E-state index in [-0.39, 0.29) is 19.4 Å². The topological polar surface area (TPSA) is 257 Å². The molecule has 0 unspecified atom stereocenters. The zero-order chi connectivity index (χ0) is 40.2. The van der Waals surface area contributed by atoms with Crippen LogP contribution in [0.1, 0.15) is 81.1 Å². The van der Waals surface area contributed by atoms with E-state index in [2.05, 4.69) is 10.0 Å². The highest BCUT2D eigenvalue weighted by molar-refractivity contribution is 5.94. The molecule has 0 aromatic rings. The maximum absolute atomic E-state index is 14.7. The summed E-state index contributed by atoms with van der Waals surface area (Å²) in [6.45, 7) is 13.0. The summed E-state index contributed by atoms with van der Waals surface area (Å²) in [7, 11) is 0. The molecule has 3 aliphatic heterocycles. The van der Waals surface area contributed by atoms with Gasteiger partial charge in [0.25, 0.3) is 0 Å². The molecule has 20 atom stereocenters. The van der Waals surface area contributed by atoms with Gasteiger partial charge in [0, 0.05) is 66.7 Å². The van der Waals surface area contributed by atoms with E-state index in [0.29, 0.717) is 12.8 Å². The van der Waals surface area contributed by atoms with Gasteiger partial charge in [0.1, 0.15) is 42.2 Å². The molecule has 302 valence electrons. The minimum absolute atomic E-state index is 0.0909. The van der Waals surface area contributed by atoms with Crippen LogP contribution in [0, 0.1) is 57.7 Å². The van der Waals surface area contributed by atoms with Crippen molar-refractivity contribution in [3.8, 4) is 0 Å². The van der Waals surface area contributed by atoms with Crippen molar-refractivity contribution in [1.29, 1.82) is 0 Å². The molecular weight excluding hydrogens is 722 g/mol. The summed E-state index contributed by atoms with van der Waals surface area (Å²) in [5, 5.41) is 40.8. The number of nitrogens with zero attached hydrogens (tertiary/aromatic N) is 3. The van der Waals surface area contributed by atoms with Crippen LogP contribution in [0.5, 0.6) is 0 Å². The van der Waals surface area contributed by atoms with Gasteiger partial charge in [0.15, 0.2) is 11.4 Å². The van der Waals surface area contributed by atoms with Gasteiger partial charge in [-0.05, 0) is 55.9 Å². The molecule has 0 radical (unpaired) electrons. The average Bonchev–Trinajstić information content (AvgIpc) is 4.00. The fourth-order valence-electron chi connectivity index (χ4n) is 14.0. The number of unbranched alkanes of at least 4 members (excludes halogenated alkanes) is 1. The second-order valence-electron chi connectivity index (χ2n) is 18.4. The molecule has 17 nitrogen and oxygen atoms in total. The minimum Gasteiger partial charge on any atom is -0.462 e. The van der Waals surface area contributed by atoms with Crippen molar-refractivity contribution in [3.05, 3.63) is 10.4 Å². The van der Waals surface area contributed by atoms with Gasteiger partial charge in [-0.1, -0.05) is 32.8 Å². The van der Waals surface area contributed by atoms with Crippen molar-refractivity contribution in [2.75, 3.05) is 6.54 Å². The summed E-state index contributed by atoms with van der Waals surface area (Å²) in [5.41, 5.74) is -0.0581. The van der Waals surface area contributed by atoms with E-state index < -0.39 is 147 Å². The number of hydrogen-bond donors (Lipinski definition) is 3. The Morgan fingerprint density at radius 1 is 0.927 bits per heavy atom. The molecule has 3 saturated heterocycles. The Morgan fingerprint density at radius 3 is 2.22 bits per heavy atom. The van der Waals surface area contributed by atoms with Crippen LogP contribution in [-0.4, -0.2) is 111 Å². The zero-order valence-electron chi connectivity index (χ0n) is 32.3. The maximum atomic E-state index is 14.7. The van der Waals surface area contributed by atoms with Crippen molar-refractivity contribution in [1.82, 2.24) is 0 Å². The fraction of sp³-hybridized carbons (Fsp3) is 0.868. The number of fused-ring (bicyclic) bond motifs is 9. The maximum Gasteiger partial charge on any atom is 0.341 e. The molecule has 0 aromatic heterocycles. The smallest absolute Gasteiger partial charge is 0.341 e. The predicted octanol–water partition coefficient (Wildman–Crippen LogP) is 1.90. The molecule has 17 heteroatoms. The zero-order valence-corrected chi connectivity index (χ0v) is 32.3. The normalized spacial score (nSPS) is 54.7. The minimum atomic E-state index is -2.23. The fourth-order valence-corrected chi connectivity index (χ4v) is 14.0. The van der Waals surface area contributed by atoms with Gasteiger partial charge in [0.05, 0.1) is 11.5 Å². The number of ether oxygens (including phenoxy) is 6. The highest BCUT2D eigenvalue weighted by atomic mass is 16.8. The number of aliphatic hydroxyl groups is 3. The number of esters is 4. The van der Waals surface area contributed by atoms with Crippen LogP contribution in [0.15, 0.2) is 5.11 Å². The lowest BCUT2D eigenvalue weighted by atomic mass is 9.38. The number of rotatable bonds is 8. The SMILES string of the molecule is CC(=O)O[C@H]1[C@@H](C)[C@H]2[C@H]([C@@H]3[C@@H](OC(=O)CCCCN=[N+]=[N-])[C@@H]4[C@H]([C@H](C)[C@H]5O[C@]56OC(=O)[C@@](C)(O)[C@]46C)[C@]31C)[C@@H](O)C(=O)[C@@]1(O)C[C@@H]3O[C@@H]3[C@H](OC(C)=O)[C@]21C. The molecule has 1 spiro atoms. The second kappa shape index (κ2) is 11.9. The Balaban J connectivity index is 1.35. The van der Waals surface area contributed by atoms with E-state index in [1.807, 2.05) is 20.8 Å². The van der Waals surface area contributed by atoms with E-state index in [4.69, 9.17) is 34.0 Å². The van der Waals surface area contributed by atoms with Crippen molar-refractivity contribution < 1.29 is 67.7 Å². The third-order valence-electron chi connectivity index (χ3n) is 16.2. The van der Waals surface area contributed by atoms with E-state index in [0.717, 1.165) is 0 Å². The number of aliphatic hydroxyl groups excluding tert-OH is 1. The third-order valence-corrected chi connectivity index (χ3v) is 16.2. The molecular formula is C38H51N3O14. The van der Waals surface area contributed by atoms with E-state index in [1.165, 1.54) is 20.8 Å². The molecule has 5 aliphatic carbocycles. The van der Waals surface area contributed by atoms with Crippen molar-refractivity contribution in [2.45, 2.75) is 141 Å².